The van der Waals surface area contributed by atoms with Gasteiger partial charge >= 0.3 is 0 Å². The number of aromatic nitrogens is 3. The highest BCUT2D eigenvalue weighted by atomic mass is 16.5. The van der Waals surface area contributed by atoms with Gasteiger partial charge in [-0.25, -0.2) is 9.50 Å². The van der Waals surface area contributed by atoms with Crippen molar-refractivity contribution in [2.75, 3.05) is 26.3 Å². The van der Waals surface area contributed by atoms with Crippen LogP contribution in [0, 0.1) is 6.92 Å². The molecule has 0 bridgehead atoms. The average molecular weight is 365 g/mol. The number of fused-ring (bicyclic) bond motifs is 1. The van der Waals surface area contributed by atoms with E-state index >= 15 is 0 Å². The minimum atomic E-state index is -0.151. The SMILES string of the molecule is Cc1nn2cccnc2c1C(=O)NCc1ccccc1CN1CCOCC1. The molecule has 1 aliphatic heterocycles. The lowest BCUT2D eigenvalue weighted by Crippen LogP contribution is -2.36. The number of nitrogens with one attached hydrogen (secondary N) is 1. The first-order valence-electron chi connectivity index (χ1n) is 9.17. The van der Waals surface area contributed by atoms with Crippen LogP contribution in [0.2, 0.25) is 0 Å². The molecule has 0 radical (unpaired) electrons. The first-order chi connectivity index (χ1) is 13.2. The Hall–Kier alpha value is -2.77. The molecule has 3 aromatic rings. The minimum absolute atomic E-state index is 0.151. The van der Waals surface area contributed by atoms with Gasteiger partial charge in [-0.2, -0.15) is 5.10 Å². The van der Waals surface area contributed by atoms with Gasteiger partial charge in [0.2, 0.25) is 0 Å². The minimum Gasteiger partial charge on any atom is -0.379 e. The number of carbonyl (C=O) groups excluding carboxylic acids is 1. The molecule has 1 fully saturated rings. The Labute approximate surface area is 158 Å². The Morgan fingerprint density at radius 1 is 1.19 bits per heavy atom. The first kappa shape index (κ1) is 17.6. The molecule has 2 aromatic heterocycles. The van der Waals surface area contributed by atoms with Gasteiger partial charge in [-0.3, -0.25) is 9.69 Å². The van der Waals surface area contributed by atoms with Crippen molar-refractivity contribution in [2.24, 2.45) is 0 Å². The molecule has 7 nitrogen and oxygen atoms in total. The number of rotatable bonds is 5. The molecule has 0 spiro atoms. The highest BCUT2D eigenvalue weighted by molar-refractivity contribution is 6.00. The van der Waals surface area contributed by atoms with E-state index in [4.69, 9.17) is 4.74 Å². The van der Waals surface area contributed by atoms with Crippen LogP contribution in [-0.4, -0.2) is 51.7 Å². The molecular weight excluding hydrogens is 342 g/mol. The number of amides is 1. The summed E-state index contributed by atoms with van der Waals surface area (Å²) in [5.74, 6) is -0.151. The molecule has 0 unspecified atom stereocenters. The van der Waals surface area contributed by atoms with Crippen LogP contribution in [0.25, 0.3) is 5.65 Å². The fraction of sp³-hybridized carbons (Fsp3) is 0.350. The summed E-state index contributed by atoms with van der Waals surface area (Å²) in [6.45, 7) is 6.60. The lowest BCUT2D eigenvalue weighted by Gasteiger charge is -2.27. The van der Waals surface area contributed by atoms with Gasteiger partial charge in [-0.1, -0.05) is 24.3 Å². The topological polar surface area (TPSA) is 71.8 Å². The van der Waals surface area contributed by atoms with Gasteiger partial charge in [0, 0.05) is 38.6 Å². The second-order valence-corrected chi connectivity index (χ2v) is 6.69. The summed E-state index contributed by atoms with van der Waals surface area (Å²) in [5, 5.41) is 7.40. The molecule has 1 saturated heterocycles. The van der Waals surface area contributed by atoms with Gasteiger partial charge in [0.1, 0.15) is 5.56 Å². The summed E-state index contributed by atoms with van der Waals surface area (Å²) in [5.41, 5.74) is 4.14. The molecule has 3 heterocycles. The van der Waals surface area contributed by atoms with E-state index in [9.17, 15) is 4.79 Å². The third-order valence-electron chi connectivity index (χ3n) is 4.85. The van der Waals surface area contributed by atoms with Crippen LogP contribution in [-0.2, 0) is 17.8 Å². The molecule has 1 aromatic carbocycles. The van der Waals surface area contributed by atoms with Gasteiger partial charge in [-0.15, -0.1) is 0 Å². The Bertz CT molecular complexity index is 946. The van der Waals surface area contributed by atoms with Crippen LogP contribution >= 0.6 is 0 Å². The largest absolute Gasteiger partial charge is 0.379 e. The number of hydrogen-bond acceptors (Lipinski definition) is 5. The van der Waals surface area contributed by atoms with Crippen LogP contribution in [0.1, 0.15) is 27.2 Å². The molecule has 1 amide bonds. The van der Waals surface area contributed by atoms with Gasteiger partial charge in [0.15, 0.2) is 5.65 Å². The van der Waals surface area contributed by atoms with E-state index in [1.165, 1.54) is 5.56 Å². The summed E-state index contributed by atoms with van der Waals surface area (Å²) in [7, 11) is 0. The van der Waals surface area contributed by atoms with Gasteiger partial charge < -0.3 is 10.1 Å². The van der Waals surface area contributed by atoms with Crippen molar-refractivity contribution in [3.8, 4) is 0 Å². The molecule has 140 valence electrons. The van der Waals surface area contributed by atoms with Gasteiger partial charge in [0.25, 0.3) is 5.91 Å². The molecule has 0 saturated carbocycles. The fourth-order valence-corrected chi connectivity index (χ4v) is 3.41. The monoisotopic (exact) mass is 365 g/mol. The average Bonchev–Trinajstić information content (AvgIpc) is 3.03. The van der Waals surface area contributed by atoms with Crippen molar-refractivity contribution in [3.05, 3.63) is 65.1 Å². The Balaban J connectivity index is 1.48. The van der Waals surface area contributed by atoms with E-state index in [0.717, 1.165) is 38.4 Å². The lowest BCUT2D eigenvalue weighted by molar-refractivity contribution is 0.0340. The zero-order valence-corrected chi connectivity index (χ0v) is 15.4. The third-order valence-corrected chi connectivity index (χ3v) is 4.85. The number of aryl methyl sites for hydroxylation is 1. The summed E-state index contributed by atoms with van der Waals surface area (Å²) in [6, 6.07) is 10.0. The van der Waals surface area contributed by atoms with E-state index in [-0.39, 0.29) is 5.91 Å². The van der Waals surface area contributed by atoms with Gasteiger partial charge in [-0.05, 0) is 24.1 Å². The smallest absolute Gasteiger partial charge is 0.257 e. The maximum Gasteiger partial charge on any atom is 0.257 e. The zero-order valence-electron chi connectivity index (χ0n) is 15.4. The number of hydrogen-bond donors (Lipinski definition) is 1. The van der Waals surface area contributed by atoms with E-state index < -0.39 is 0 Å². The summed E-state index contributed by atoms with van der Waals surface area (Å²) in [6.07, 6.45) is 3.47. The van der Waals surface area contributed by atoms with E-state index in [1.54, 1.807) is 23.0 Å². The Morgan fingerprint density at radius 3 is 2.78 bits per heavy atom. The molecule has 0 aliphatic carbocycles. The third kappa shape index (κ3) is 3.84. The maximum atomic E-state index is 12.8. The first-order valence-corrected chi connectivity index (χ1v) is 9.17. The number of ether oxygens (including phenoxy) is 1. The normalized spacial score (nSPS) is 15.1. The van der Waals surface area contributed by atoms with Crippen molar-refractivity contribution >= 4 is 11.6 Å². The second kappa shape index (κ2) is 7.85. The molecule has 0 atom stereocenters. The van der Waals surface area contributed by atoms with Crippen LogP contribution in [0.3, 0.4) is 0 Å². The van der Waals surface area contributed by atoms with E-state index in [2.05, 4.69) is 32.4 Å². The maximum absolute atomic E-state index is 12.8. The van der Waals surface area contributed by atoms with Crippen LogP contribution in [0.5, 0.6) is 0 Å². The predicted octanol–water partition coefficient (Wildman–Crippen LogP) is 1.80. The lowest BCUT2D eigenvalue weighted by atomic mass is 10.1. The second-order valence-electron chi connectivity index (χ2n) is 6.69. The van der Waals surface area contributed by atoms with Crippen molar-refractivity contribution in [1.82, 2.24) is 24.8 Å². The molecule has 7 heteroatoms. The Kier molecular flexibility index (Phi) is 5.13. The number of nitrogens with zero attached hydrogens (tertiary/aromatic N) is 4. The van der Waals surface area contributed by atoms with Crippen molar-refractivity contribution in [1.29, 1.82) is 0 Å². The molecule has 1 N–H and O–H groups in total. The van der Waals surface area contributed by atoms with E-state index in [1.807, 2.05) is 19.1 Å². The standard InChI is InChI=1S/C20H23N5O2/c1-15-18(19-21-7-4-8-25(19)23-15)20(26)22-13-16-5-2-3-6-17(16)14-24-9-11-27-12-10-24/h2-8H,9-14H2,1H3,(H,22,26). The summed E-state index contributed by atoms with van der Waals surface area (Å²) >= 11 is 0. The fourth-order valence-electron chi connectivity index (χ4n) is 3.41. The molecule has 1 aliphatic rings. The van der Waals surface area contributed by atoms with Crippen molar-refractivity contribution < 1.29 is 9.53 Å². The van der Waals surface area contributed by atoms with Crippen LogP contribution < -0.4 is 5.32 Å². The molecule has 27 heavy (non-hydrogen) atoms. The van der Waals surface area contributed by atoms with Crippen LogP contribution in [0.15, 0.2) is 42.7 Å². The quantitative estimate of drug-likeness (QED) is 0.747. The summed E-state index contributed by atoms with van der Waals surface area (Å²) < 4.78 is 7.06. The summed E-state index contributed by atoms with van der Waals surface area (Å²) in [4.78, 5) is 19.5. The molecule has 4 rings (SSSR count). The zero-order chi connectivity index (χ0) is 18.6. The number of carbonyl (C=O) groups is 1. The van der Waals surface area contributed by atoms with Crippen LogP contribution in [0.4, 0.5) is 0 Å². The van der Waals surface area contributed by atoms with E-state index in [0.29, 0.717) is 23.4 Å². The predicted molar refractivity (Wildman–Crippen MR) is 101 cm³/mol. The molecular formula is C20H23N5O2. The van der Waals surface area contributed by atoms with Crippen molar-refractivity contribution in [3.63, 3.8) is 0 Å². The van der Waals surface area contributed by atoms with Crippen molar-refractivity contribution in [2.45, 2.75) is 20.0 Å². The number of benzene rings is 1. The Morgan fingerprint density at radius 2 is 1.96 bits per heavy atom. The number of morpholine rings is 1. The van der Waals surface area contributed by atoms with Gasteiger partial charge in [0.05, 0.1) is 18.9 Å². The highest BCUT2D eigenvalue weighted by Crippen LogP contribution is 2.15. The highest BCUT2D eigenvalue weighted by Gasteiger charge is 2.18.